The molecule has 6 heteroatoms. The molecule has 0 bridgehead atoms. The van der Waals surface area contributed by atoms with E-state index in [1.165, 1.54) is 11.3 Å². The fourth-order valence-corrected chi connectivity index (χ4v) is 5.16. The average molecular weight is 499 g/mol. The van der Waals surface area contributed by atoms with Crippen LogP contribution in [0, 0.1) is 0 Å². The zero-order valence-electron chi connectivity index (χ0n) is 20.1. The van der Waals surface area contributed by atoms with Crippen LogP contribution in [0.4, 0.5) is 0 Å². The Labute approximate surface area is 217 Å². The minimum atomic E-state index is -0.142. The maximum atomic E-state index is 13.5. The smallest absolute Gasteiger partial charge is 0.233 e. The molecule has 0 N–H and O–H groups in total. The molecule has 0 radical (unpaired) electrons. The van der Waals surface area contributed by atoms with E-state index in [0.29, 0.717) is 15.4 Å². The number of rotatable bonds is 5. The van der Waals surface area contributed by atoms with Crippen LogP contribution in [-0.2, 0) is 0 Å². The van der Waals surface area contributed by atoms with Crippen molar-refractivity contribution in [3.8, 4) is 5.69 Å². The zero-order valence-corrected chi connectivity index (χ0v) is 20.9. The number of hydrogen-bond donors (Lipinski definition) is 0. The number of fused-ring (bicyclic) bond motifs is 2. The zero-order chi connectivity index (χ0) is 25.2. The number of hydrogen-bond acceptors (Lipinski definition) is 5. The van der Waals surface area contributed by atoms with E-state index in [1.807, 2.05) is 104 Å². The largest absolute Gasteiger partial charge is 0.286 e. The van der Waals surface area contributed by atoms with Crippen LogP contribution < -0.4 is 4.80 Å². The van der Waals surface area contributed by atoms with Gasteiger partial charge in [0.2, 0.25) is 10.6 Å². The average Bonchev–Trinajstić information content (AvgIpc) is 3.39. The lowest BCUT2D eigenvalue weighted by Gasteiger charge is -2.04. The molecule has 0 spiro atoms. The molecule has 178 valence electrons. The summed E-state index contributed by atoms with van der Waals surface area (Å²) >= 11 is 1.23. The molecular weight excluding hydrogens is 476 g/mol. The van der Waals surface area contributed by atoms with E-state index in [4.69, 9.17) is 0 Å². The second-order valence-electron chi connectivity index (χ2n) is 8.64. The van der Waals surface area contributed by atoms with Crippen LogP contribution in [0.15, 0.2) is 125 Å². The van der Waals surface area contributed by atoms with Gasteiger partial charge in [-0.15, -0.1) is 5.10 Å². The van der Waals surface area contributed by atoms with Crippen LogP contribution in [0.25, 0.3) is 27.2 Å². The van der Waals surface area contributed by atoms with Gasteiger partial charge in [-0.3, -0.25) is 4.79 Å². The summed E-state index contributed by atoms with van der Waals surface area (Å²) in [5, 5.41) is 18.5. The van der Waals surface area contributed by atoms with Crippen LogP contribution in [0.2, 0.25) is 0 Å². The summed E-state index contributed by atoms with van der Waals surface area (Å²) in [6.07, 6.45) is 0. The lowest BCUT2D eigenvalue weighted by atomic mass is 10.0. The minimum Gasteiger partial charge on any atom is -0.286 e. The van der Waals surface area contributed by atoms with E-state index in [9.17, 15) is 4.79 Å². The van der Waals surface area contributed by atoms with Gasteiger partial charge in [-0.05, 0) is 46.7 Å². The van der Waals surface area contributed by atoms with Crippen molar-refractivity contribution in [2.45, 2.75) is 6.92 Å². The second kappa shape index (κ2) is 9.76. The third kappa shape index (κ3) is 4.50. The monoisotopic (exact) mass is 498 g/mol. The second-order valence-corrected chi connectivity index (χ2v) is 9.60. The lowest BCUT2D eigenvalue weighted by Crippen LogP contribution is -2.14. The van der Waals surface area contributed by atoms with E-state index in [-0.39, 0.29) is 5.78 Å². The molecule has 0 atom stereocenters. The third-order valence-corrected chi connectivity index (χ3v) is 7.13. The molecule has 5 aromatic carbocycles. The Bertz CT molecular complexity index is 1860. The van der Waals surface area contributed by atoms with Crippen LogP contribution in [0.1, 0.15) is 27.9 Å². The molecule has 0 unspecified atom stereocenters. The third-order valence-electron chi connectivity index (χ3n) is 6.23. The number of carbonyl (C=O) groups excluding carboxylic acids is 1. The van der Waals surface area contributed by atoms with E-state index in [0.717, 1.165) is 38.5 Å². The number of para-hydroxylation sites is 1. The molecule has 0 fully saturated rings. The predicted octanol–water partition coefficient (Wildman–Crippen LogP) is 6.80. The minimum absolute atomic E-state index is 0.142. The van der Waals surface area contributed by atoms with Crippen molar-refractivity contribution in [3.05, 3.63) is 136 Å². The molecule has 37 heavy (non-hydrogen) atoms. The quantitative estimate of drug-likeness (QED) is 0.149. The SMILES string of the molecule is C/C(=N\N=c1\sc(C(=O)c2ccc3ccccc3c2)nn1-c1ccccc1)c1cccc2ccccc12. The van der Waals surface area contributed by atoms with Crippen molar-refractivity contribution in [1.82, 2.24) is 9.78 Å². The summed E-state index contributed by atoms with van der Waals surface area (Å²) < 4.78 is 1.68. The van der Waals surface area contributed by atoms with Crippen LogP contribution >= 0.6 is 11.3 Å². The molecule has 0 aliphatic heterocycles. The Hall–Kier alpha value is -4.68. The summed E-state index contributed by atoms with van der Waals surface area (Å²) in [6.45, 7) is 1.94. The number of ketones is 1. The molecule has 5 nitrogen and oxygen atoms in total. The van der Waals surface area contributed by atoms with Crippen LogP contribution in [0.3, 0.4) is 0 Å². The number of aromatic nitrogens is 2. The lowest BCUT2D eigenvalue weighted by molar-refractivity contribution is 0.103. The highest BCUT2D eigenvalue weighted by atomic mass is 32.1. The van der Waals surface area contributed by atoms with Crippen molar-refractivity contribution < 1.29 is 4.79 Å². The number of carbonyl (C=O) groups is 1. The van der Waals surface area contributed by atoms with E-state index < -0.39 is 0 Å². The Morgan fingerprint density at radius 1 is 0.757 bits per heavy atom. The number of benzene rings is 5. The van der Waals surface area contributed by atoms with Crippen molar-refractivity contribution in [1.29, 1.82) is 0 Å². The maximum absolute atomic E-state index is 13.5. The number of nitrogens with zero attached hydrogens (tertiary/aromatic N) is 4. The highest BCUT2D eigenvalue weighted by Gasteiger charge is 2.17. The molecule has 0 aliphatic rings. The summed E-state index contributed by atoms with van der Waals surface area (Å²) in [5.41, 5.74) is 3.21. The van der Waals surface area contributed by atoms with Gasteiger partial charge < -0.3 is 0 Å². The van der Waals surface area contributed by atoms with Gasteiger partial charge in [0.25, 0.3) is 0 Å². The first-order valence-corrected chi connectivity index (χ1v) is 12.7. The highest BCUT2D eigenvalue weighted by molar-refractivity contribution is 7.11. The van der Waals surface area contributed by atoms with E-state index in [1.54, 1.807) is 4.68 Å². The molecule has 6 rings (SSSR count). The van der Waals surface area contributed by atoms with Crippen LogP contribution in [0.5, 0.6) is 0 Å². The normalized spacial score (nSPS) is 12.4. The summed E-state index contributed by atoms with van der Waals surface area (Å²) in [6, 6.07) is 37.7. The van der Waals surface area contributed by atoms with E-state index >= 15 is 0 Å². The molecule has 0 amide bonds. The first-order valence-electron chi connectivity index (χ1n) is 11.9. The summed E-state index contributed by atoms with van der Waals surface area (Å²) in [4.78, 5) is 14.0. The van der Waals surface area contributed by atoms with Crippen molar-refractivity contribution in [2.75, 3.05) is 0 Å². The Morgan fingerprint density at radius 2 is 1.46 bits per heavy atom. The van der Waals surface area contributed by atoms with Crippen molar-refractivity contribution in [3.63, 3.8) is 0 Å². The van der Waals surface area contributed by atoms with Gasteiger partial charge in [-0.1, -0.05) is 108 Å². The highest BCUT2D eigenvalue weighted by Crippen LogP contribution is 2.20. The molecule has 0 saturated heterocycles. The van der Waals surface area contributed by atoms with E-state index in [2.05, 4.69) is 33.5 Å². The van der Waals surface area contributed by atoms with Gasteiger partial charge in [0, 0.05) is 11.1 Å². The Balaban J connectivity index is 1.45. The van der Waals surface area contributed by atoms with Gasteiger partial charge in [-0.25, -0.2) is 4.68 Å². The molecule has 1 aromatic heterocycles. The maximum Gasteiger partial charge on any atom is 0.233 e. The fourth-order valence-electron chi connectivity index (χ4n) is 4.34. The first kappa shape index (κ1) is 22.8. The molecular formula is C31H22N4OS. The Kier molecular flexibility index (Phi) is 6.00. The fraction of sp³-hybridized carbons (Fsp3) is 0.0323. The summed E-state index contributed by atoms with van der Waals surface area (Å²) in [5.74, 6) is -0.142. The molecule has 0 saturated carbocycles. The Morgan fingerprint density at radius 3 is 2.30 bits per heavy atom. The molecule has 0 aliphatic carbocycles. The molecule has 6 aromatic rings. The standard InChI is InChI=1S/C31H22N4OS/c1-21(27-17-9-13-23-11-7-8-16-28(23)27)32-33-31-35(26-14-3-2-4-15-26)34-30(37-31)29(36)25-19-18-22-10-5-6-12-24(22)20-25/h2-20H,1H3/b32-21+,33-31+. The molecule has 1 heterocycles. The van der Waals surface area contributed by atoms with Crippen LogP contribution in [-0.4, -0.2) is 21.3 Å². The van der Waals surface area contributed by atoms with Gasteiger partial charge in [0.05, 0.1) is 11.4 Å². The van der Waals surface area contributed by atoms with Gasteiger partial charge in [-0.2, -0.15) is 10.2 Å². The topological polar surface area (TPSA) is 59.6 Å². The van der Waals surface area contributed by atoms with Gasteiger partial charge in [0.15, 0.2) is 5.01 Å². The van der Waals surface area contributed by atoms with Crippen molar-refractivity contribution >= 4 is 44.4 Å². The first-order chi connectivity index (χ1) is 18.2. The van der Waals surface area contributed by atoms with Gasteiger partial charge >= 0.3 is 0 Å². The van der Waals surface area contributed by atoms with Gasteiger partial charge in [0.1, 0.15) is 0 Å². The predicted molar refractivity (Wildman–Crippen MR) is 151 cm³/mol. The van der Waals surface area contributed by atoms with Crippen molar-refractivity contribution in [2.24, 2.45) is 10.2 Å². The summed E-state index contributed by atoms with van der Waals surface area (Å²) in [7, 11) is 0.